The third kappa shape index (κ3) is 1.57. The monoisotopic (exact) mass is 124 g/mol. The molecule has 0 radical (unpaired) electrons. The lowest BCUT2D eigenvalue weighted by Crippen LogP contribution is -2.27. The molecule has 0 amide bonds. The minimum Gasteiger partial charge on any atom is -0.290 e. The van der Waals surface area contributed by atoms with Crippen LogP contribution in [0.1, 0.15) is 6.42 Å². The van der Waals surface area contributed by atoms with E-state index in [0.717, 1.165) is 6.42 Å². The predicted octanol–water partition coefficient (Wildman–Crippen LogP) is 1.20. The Kier molecular flexibility index (Phi) is 1.90. The van der Waals surface area contributed by atoms with Crippen molar-refractivity contribution in [2.75, 3.05) is 14.1 Å². The summed E-state index contributed by atoms with van der Waals surface area (Å²) in [5.41, 5.74) is 0. The van der Waals surface area contributed by atoms with Gasteiger partial charge < -0.3 is 0 Å². The Morgan fingerprint density at radius 1 is 1.22 bits per heavy atom. The van der Waals surface area contributed by atoms with Crippen molar-refractivity contribution in [1.29, 1.82) is 0 Å². The van der Waals surface area contributed by atoms with Crippen molar-refractivity contribution in [2.45, 2.75) is 6.42 Å². The number of hydrazine groups is 1. The summed E-state index contributed by atoms with van der Waals surface area (Å²) in [6.45, 7) is 0. The van der Waals surface area contributed by atoms with Gasteiger partial charge in [-0.05, 0) is 6.42 Å². The van der Waals surface area contributed by atoms with Crippen molar-refractivity contribution in [3.05, 3.63) is 24.6 Å². The summed E-state index contributed by atoms with van der Waals surface area (Å²) in [5, 5.41) is 4.05. The molecule has 0 N–H and O–H groups in total. The van der Waals surface area contributed by atoms with E-state index in [4.69, 9.17) is 0 Å². The van der Waals surface area contributed by atoms with Crippen molar-refractivity contribution < 1.29 is 0 Å². The Balaban J connectivity index is 2.49. The van der Waals surface area contributed by atoms with Crippen LogP contribution < -0.4 is 0 Å². The Morgan fingerprint density at radius 2 is 1.78 bits per heavy atom. The maximum absolute atomic E-state index is 2.12. The quantitative estimate of drug-likeness (QED) is 0.518. The van der Waals surface area contributed by atoms with Crippen LogP contribution in [0, 0.1) is 0 Å². The van der Waals surface area contributed by atoms with Crippen LogP contribution in [0.4, 0.5) is 0 Å². The third-order valence-electron chi connectivity index (χ3n) is 1.25. The van der Waals surface area contributed by atoms with Gasteiger partial charge in [0.2, 0.25) is 0 Å². The number of hydrogen-bond acceptors (Lipinski definition) is 2. The normalized spacial score (nSPS) is 17.4. The Labute approximate surface area is 56.0 Å². The fourth-order valence-electron chi connectivity index (χ4n) is 0.733. The molecule has 2 heteroatoms. The van der Waals surface area contributed by atoms with E-state index in [1.807, 2.05) is 24.1 Å². The lowest BCUT2D eigenvalue weighted by atomic mass is 10.3. The zero-order chi connectivity index (χ0) is 6.69. The van der Waals surface area contributed by atoms with E-state index in [1.54, 1.807) is 0 Å². The molecule has 1 heterocycles. The van der Waals surface area contributed by atoms with Crippen LogP contribution in [-0.4, -0.2) is 24.1 Å². The first kappa shape index (κ1) is 6.36. The lowest BCUT2D eigenvalue weighted by molar-refractivity contribution is 0.140. The van der Waals surface area contributed by atoms with Gasteiger partial charge in [0.1, 0.15) is 0 Å². The number of allylic oxidation sites excluding steroid dienone is 2. The number of hydrogen-bond donors (Lipinski definition) is 0. The first-order valence-electron chi connectivity index (χ1n) is 3.09. The van der Waals surface area contributed by atoms with E-state index in [9.17, 15) is 0 Å². The maximum atomic E-state index is 2.12. The van der Waals surface area contributed by atoms with E-state index in [2.05, 4.69) is 24.6 Å². The van der Waals surface area contributed by atoms with Gasteiger partial charge in [0.05, 0.1) is 0 Å². The van der Waals surface area contributed by atoms with Gasteiger partial charge in [0, 0.05) is 26.5 Å². The van der Waals surface area contributed by atoms with Crippen molar-refractivity contribution in [1.82, 2.24) is 10.0 Å². The molecule has 0 aromatic carbocycles. The minimum atomic E-state index is 1.06. The Hall–Kier alpha value is -0.760. The van der Waals surface area contributed by atoms with Gasteiger partial charge >= 0.3 is 0 Å². The summed E-state index contributed by atoms with van der Waals surface area (Å²) in [6, 6.07) is 0. The van der Waals surface area contributed by atoms with Crippen LogP contribution in [0.2, 0.25) is 0 Å². The summed E-state index contributed by atoms with van der Waals surface area (Å²) in [4.78, 5) is 0. The lowest BCUT2D eigenvalue weighted by Gasteiger charge is -2.24. The minimum absolute atomic E-state index is 1.06. The van der Waals surface area contributed by atoms with Crippen LogP contribution in [0.15, 0.2) is 24.6 Å². The highest BCUT2D eigenvalue weighted by atomic mass is 15.6. The van der Waals surface area contributed by atoms with E-state index >= 15 is 0 Å². The molecule has 0 bridgehead atoms. The van der Waals surface area contributed by atoms with E-state index in [0.29, 0.717) is 0 Å². The second kappa shape index (κ2) is 2.69. The van der Waals surface area contributed by atoms with Gasteiger partial charge in [0.15, 0.2) is 0 Å². The van der Waals surface area contributed by atoms with Crippen LogP contribution in [-0.2, 0) is 0 Å². The van der Waals surface area contributed by atoms with Gasteiger partial charge in [-0.2, -0.15) is 0 Å². The molecule has 0 atom stereocenters. The van der Waals surface area contributed by atoms with Crippen LogP contribution in [0.3, 0.4) is 0 Å². The molecule has 0 aromatic rings. The topological polar surface area (TPSA) is 6.48 Å². The maximum Gasteiger partial charge on any atom is 0.0174 e. The summed E-state index contributed by atoms with van der Waals surface area (Å²) in [7, 11) is 4.03. The second-order valence-corrected chi connectivity index (χ2v) is 2.23. The molecule has 1 aliphatic rings. The standard InChI is InChI=1S/C7H12N2/c1-8(2)9-6-4-3-5-7-9/h4-7H,3H2,1-2H3. The van der Waals surface area contributed by atoms with Gasteiger partial charge in [-0.3, -0.25) is 5.01 Å². The highest BCUT2D eigenvalue weighted by molar-refractivity contribution is 5.00. The van der Waals surface area contributed by atoms with Gasteiger partial charge in [0.25, 0.3) is 0 Å². The molecular formula is C7H12N2. The summed E-state index contributed by atoms with van der Waals surface area (Å²) < 4.78 is 0. The molecule has 0 saturated heterocycles. The Bertz CT molecular complexity index is 124. The molecule has 1 aliphatic heterocycles. The molecule has 2 nitrogen and oxygen atoms in total. The van der Waals surface area contributed by atoms with Gasteiger partial charge in [-0.1, -0.05) is 12.2 Å². The molecule has 0 fully saturated rings. The molecule has 9 heavy (non-hydrogen) atoms. The van der Waals surface area contributed by atoms with Crippen LogP contribution in [0.5, 0.6) is 0 Å². The zero-order valence-corrected chi connectivity index (χ0v) is 5.91. The van der Waals surface area contributed by atoms with Gasteiger partial charge in [-0.15, -0.1) is 0 Å². The first-order chi connectivity index (χ1) is 4.30. The fourth-order valence-corrected chi connectivity index (χ4v) is 0.733. The fraction of sp³-hybridized carbons (Fsp3) is 0.429. The molecule has 50 valence electrons. The summed E-state index contributed by atoms with van der Waals surface area (Å²) >= 11 is 0. The SMILES string of the molecule is CN(C)N1C=CCC=C1. The predicted molar refractivity (Wildman–Crippen MR) is 38.4 cm³/mol. The third-order valence-corrected chi connectivity index (χ3v) is 1.25. The molecule has 0 saturated carbocycles. The number of rotatable bonds is 1. The average Bonchev–Trinajstić information content (AvgIpc) is 1.90. The molecule has 0 aromatic heterocycles. The van der Waals surface area contributed by atoms with Crippen molar-refractivity contribution >= 4 is 0 Å². The average molecular weight is 124 g/mol. The van der Waals surface area contributed by atoms with Crippen LogP contribution in [0.25, 0.3) is 0 Å². The van der Waals surface area contributed by atoms with E-state index < -0.39 is 0 Å². The Morgan fingerprint density at radius 3 is 2.11 bits per heavy atom. The smallest absolute Gasteiger partial charge is 0.0174 e. The largest absolute Gasteiger partial charge is 0.290 e. The highest BCUT2D eigenvalue weighted by Crippen LogP contribution is 2.02. The molecule has 1 rings (SSSR count). The van der Waals surface area contributed by atoms with Crippen LogP contribution >= 0.6 is 0 Å². The molecular weight excluding hydrogens is 112 g/mol. The van der Waals surface area contributed by atoms with E-state index in [-0.39, 0.29) is 0 Å². The van der Waals surface area contributed by atoms with Crippen molar-refractivity contribution in [2.24, 2.45) is 0 Å². The van der Waals surface area contributed by atoms with Crippen molar-refractivity contribution in [3.63, 3.8) is 0 Å². The van der Waals surface area contributed by atoms with Gasteiger partial charge in [-0.25, -0.2) is 5.01 Å². The number of nitrogens with zero attached hydrogens (tertiary/aromatic N) is 2. The molecule has 0 unspecified atom stereocenters. The summed E-state index contributed by atoms with van der Waals surface area (Å²) in [6.07, 6.45) is 9.42. The molecule has 0 spiro atoms. The van der Waals surface area contributed by atoms with E-state index in [1.165, 1.54) is 0 Å². The zero-order valence-electron chi connectivity index (χ0n) is 5.91. The van der Waals surface area contributed by atoms with Crippen molar-refractivity contribution in [3.8, 4) is 0 Å². The molecule has 0 aliphatic carbocycles. The first-order valence-corrected chi connectivity index (χ1v) is 3.09. The summed E-state index contributed by atoms with van der Waals surface area (Å²) in [5.74, 6) is 0. The second-order valence-electron chi connectivity index (χ2n) is 2.23. The highest BCUT2D eigenvalue weighted by Gasteiger charge is 1.96.